The minimum atomic E-state index is -4.96. The van der Waals surface area contributed by atoms with E-state index < -0.39 is 97.5 Å². The average molecular weight is 1490 g/mol. The van der Waals surface area contributed by atoms with Gasteiger partial charge in [0.1, 0.15) is 19.3 Å². The van der Waals surface area contributed by atoms with E-state index in [1.807, 2.05) is 0 Å². The van der Waals surface area contributed by atoms with Crippen LogP contribution in [0.3, 0.4) is 0 Å². The first-order valence-electron chi connectivity index (χ1n) is 43.1. The van der Waals surface area contributed by atoms with Crippen LogP contribution in [0.15, 0.2) is 0 Å². The summed E-state index contributed by atoms with van der Waals surface area (Å²) in [6.45, 7) is 7.26. The Morgan fingerprint density at radius 1 is 0.265 bits per heavy atom. The Morgan fingerprint density at radius 2 is 0.451 bits per heavy atom. The number of carbonyl (C=O) groups is 4. The molecule has 0 aliphatic heterocycles. The molecule has 0 aromatic rings. The van der Waals surface area contributed by atoms with Crippen LogP contribution in [0.4, 0.5) is 0 Å². The van der Waals surface area contributed by atoms with Crippen molar-refractivity contribution in [2.45, 2.75) is 464 Å². The summed E-state index contributed by atoms with van der Waals surface area (Å²) >= 11 is 0. The van der Waals surface area contributed by atoms with Gasteiger partial charge in [0.2, 0.25) is 0 Å². The maximum absolute atomic E-state index is 13.1. The lowest BCUT2D eigenvalue weighted by atomic mass is 10.0. The Hall–Kier alpha value is -1.94. The molecule has 0 saturated carbocycles. The number of ether oxygens (including phenoxy) is 4. The third-order valence-corrected chi connectivity index (χ3v) is 21.4. The molecule has 5 atom stereocenters. The summed E-state index contributed by atoms with van der Waals surface area (Å²) < 4.78 is 68.7. The zero-order chi connectivity index (χ0) is 74.8. The Balaban J connectivity index is 5.17. The van der Waals surface area contributed by atoms with Crippen molar-refractivity contribution in [3.63, 3.8) is 0 Å². The Labute approximate surface area is 626 Å². The van der Waals surface area contributed by atoms with E-state index in [4.69, 9.17) is 37.0 Å². The number of carbonyl (C=O) groups excluding carboxylic acids is 4. The highest BCUT2D eigenvalue weighted by molar-refractivity contribution is 7.47. The molecule has 2 unspecified atom stereocenters. The Morgan fingerprint density at radius 3 is 0.667 bits per heavy atom. The summed E-state index contributed by atoms with van der Waals surface area (Å²) in [6, 6.07) is 0. The smallest absolute Gasteiger partial charge is 0.462 e. The molecule has 0 aromatic carbocycles. The van der Waals surface area contributed by atoms with E-state index in [1.165, 1.54) is 270 Å². The van der Waals surface area contributed by atoms with Gasteiger partial charge in [-0.15, -0.1) is 0 Å². The first-order valence-corrected chi connectivity index (χ1v) is 46.1. The molecular weight excluding hydrogens is 1330 g/mol. The number of aliphatic hydroxyl groups is 1. The zero-order valence-corrected chi connectivity index (χ0v) is 68.5. The number of rotatable bonds is 83. The van der Waals surface area contributed by atoms with Gasteiger partial charge in [-0.25, -0.2) is 9.13 Å². The molecule has 19 heteroatoms. The summed E-state index contributed by atoms with van der Waals surface area (Å²) in [4.78, 5) is 73.0. The van der Waals surface area contributed by atoms with Crippen molar-refractivity contribution in [3.8, 4) is 0 Å². The summed E-state index contributed by atoms with van der Waals surface area (Å²) in [5.74, 6) is -1.41. The lowest BCUT2D eigenvalue weighted by molar-refractivity contribution is -0.161. The highest BCUT2D eigenvalue weighted by Crippen LogP contribution is 2.45. The van der Waals surface area contributed by atoms with Crippen LogP contribution in [0.1, 0.15) is 446 Å². The van der Waals surface area contributed by atoms with Crippen LogP contribution >= 0.6 is 15.6 Å². The molecule has 102 heavy (non-hydrogen) atoms. The van der Waals surface area contributed by atoms with Crippen LogP contribution in [0.5, 0.6) is 0 Å². The number of esters is 4. The van der Waals surface area contributed by atoms with Gasteiger partial charge < -0.3 is 33.8 Å². The highest BCUT2D eigenvalue weighted by atomic mass is 31.2. The molecule has 0 spiro atoms. The second-order valence-corrected chi connectivity index (χ2v) is 33.3. The number of hydrogen-bond acceptors (Lipinski definition) is 15. The van der Waals surface area contributed by atoms with Gasteiger partial charge in [0.15, 0.2) is 12.2 Å². The third kappa shape index (κ3) is 76.3. The lowest BCUT2D eigenvalue weighted by Gasteiger charge is -2.21. The molecule has 3 N–H and O–H groups in total. The van der Waals surface area contributed by atoms with Crippen LogP contribution in [0.2, 0.25) is 0 Å². The quantitative estimate of drug-likeness (QED) is 0.0222. The molecule has 17 nitrogen and oxygen atoms in total. The van der Waals surface area contributed by atoms with Crippen molar-refractivity contribution in [3.05, 3.63) is 0 Å². The predicted molar refractivity (Wildman–Crippen MR) is 418 cm³/mol. The molecule has 0 bridgehead atoms. The predicted octanol–water partition coefficient (Wildman–Crippen LogP) is 25.2. The van der Waals surface area contributed by atoms with Gasteiger partial charge in [-0.2, -0.15) is 0 Å². The van der Waals surface area contributed by atoms with E-state index in [-0.39, 0.29) is 25.7 Å². The van der Waals surface area contributed by atoms with Crippen molar-refractivity contribution in [1.29, 1.82) is 0 Å². The first kappa shape index (κ1) is 100. The molecule has 0 aliphatic rings. The van der Waals surface area contributed by atoms with Crippen LogP contribution < -0.4 is 0 Å². The molecule has 0 saturated heterocycles. The fraction of sp³-hybridized carbons (Fsp3) is 0.952. The Bertz CT molecular complexity index is 1940. The highest BCUT2D eigenvalue weighted by Gasteiger charge is 2.30. The molecule has 0 fully saturated rings. The van der Waals surface area contributed by atoms with Gasteiger partial charge in [-0.1, -0.05) is 394 Å². The Kier molecular flexibility index (Phi) is 74.4. The number of unbranched alkanes of at least 4 members (excludes halogenated alkanes) is 55. The number of aliphatic hydroxyl groups excluding tert-OH is 1. The van der Waals surface area contributed by atoms with E-state index in [2.05, 4.69) is 34.6 Å². The molecule has 0 aliphatic carbocycles. The number of hydrogen-bond donors (Lipinski definition) is 3. The maximum atomic E-state index is 13.1. The topological polar surface area (TPSA) is 237 Å². The van der Waals surface area contributed by atoms with Crippen molar-refractivity contribution >= 4 is 39.5 Å². The normalized spacial score (nSPS) is 13.8. The van der Waals surface area contributed by atoms with E-state index >= 15 is 0 Å². The molecule has 606 valence electrons. The van der Waals surface area contributed by atoms with E-state index in [1.54, 1.807) is 0 Å². The van der Waals surface area contributed by atoms with Crippen molar-refractivity contribution in [2.24, 2.45) is 5.92 Å². The molecule has 0 heterocycles. The summed E-state index contributed by atoms with van der Waals surface area (Å²) in [6.07, 6.45) is 68.4. The van der Waals surface area contributed by atoms with Gasteiger partial charge in [0.25, 0.3) is 0 Å². The number of phosphoric ester groups is 2. The van der Waals surface area contributed by atoms with Crippen LogP contribution in [-0.2, 0) is 65.4 Å². The minimum absolute atomic E-state index is 0.104. The van der Waals surface area contributed by atoms with Crippen molar-refractivity contribution in [1.82, 2.24) is 0 Å². The summed E-state index contributed by atoms with van der Waals surface area (Å²) in [5.41, 5.74) is 0. The monoisotopic (exact) mass is 1490 g/mol. The zero-order valence-electron chi connectivity index (χ0n) is 66.8. The third-order valence-electron chi connectivity index (χ3n) is 19.5. The van der Waals surface area contributed by atoms with E-state index in [0.29, 0.717) is 31.6 Å². The fourth-order valence-corrected chi connectivity index (χ4v) is 14.5. The number of phosphoric acid groups is 2. The summed E-state index contributed by atoms with van der Waals surface area (Å²) in [7, 11) is -9.92. The second-order valence-electron chi connectivity index (χ2n) is 30.3. The van der Waals surface area contributed by atoms with E-state index in [9.17, 15) is 43.2 Å². The molecule has 0 aromatic heterocycles. The molecule has 0 rings (SSSR count). The van der Waals surface area contributed by atoms with Gasteiger partial charge in [-0.05, 0) is 31.6 Å². The minimum Gasteiger partial charge on any atom is -0.462 e. The SMILES string of the molecule is CCCCCCCCCCCCCCCCCCCCCCCCC(=O)O[C@H](COC(=O)CCCCCCCCCCCCCCCCCCCCCC)COP(=O)(O)OC[C@@H](O)COP(=O)(O)OC[C@@H](COC(=O)CCCCCCCCCCCC)OC(=O)CCCCCCCCCC(C)C. The van der Waals surface area contributed by atoms with Crippen LogP contribution in [0, 0.1) is 5.92 Å². The largest absolute Gasteiger partial charge is 0.472 e. The fourth-order valence-electron chi connectivity index (χ4n) is 12.9. The first-order chi connectivity index (χ1) is 49.5. The van der Waals surface area contributed by atoms with Crippen LogP contribution in [-0.4, -0.2) is 96.7 Å². The van der Waals surface area contributed by atoms with Gasteiger partial charge >= 0.3 is 39.5 Å². The summed E-state index contributed by atoms with van der Waals surface area (Å²) in [5, 5.41) is 10.6. The standard InChI is InChI=1S/C83H162O17P2/c1-6-9-12-15-18-21-24-26-28-30-32-34-35-37-39-41-43-45-48-53-58-63-68-82(87)99-78(72-94-81(86)67-62-57-52-47-44-42-40-38-36-33-31-29-27-25-22-19-16-13-10-7-2)74-97-101(89,90)95-70-77(84)71-96-102(91,92)98-75-79(100-83(88)69-64-59-54-49-50-55-60-65-76(4)5)73-93-80(85)66-61-56-51-46-23-20-17-14-11-8-3/h76-79,84H,6-75H2,1-5H3,(H,89,90)(H,91,92)/t77-,78-,79-/m1/s1. The van der Waals surface area contributed by atoms with Crippen molar-refractivity contribution in [2.75, 3.05) is 39.6 Å². The molecule has 0 amide bonds. The van der Waals surface area contributed by atoms with Gasteiger partial charge in [0.05, 0.1) is 26.4 Å². The van der Waals surface area contributed by atoms with E-state index in [0.717, 1.165) is 89.9 Å². The van der Waals surface area contributed by atoms with Crippen LogP contribution in [0.25, 0.3) is 0 Å². The molecular formula is C83H162O17P2. The average Bonchev–Trinajstić information content (AvgIpc) is 0.912. The maximum Gasteiger partial charge on any atom is 0.472 e. The van der Waals surface area contributed by atoms with Gasteiger partial charge in [-0.3, -0.25) is 37.3 Å². The molecule has 0 radical (unpaired) electrons. The lowest BCUT2D eigenvalue weighted by Crippen LogP contribution is -2.30. The van der Waals surface area contributed by atoms with Gasteiger partial charge in [0, 0.05) is 25.7 Å². The van der Waals surface area contributed by atoms with Crippen molar-refractivity contribution < 1.29 is 80.2 Å². The second kappa shape index (κ2) is 75.9.